The lowest BCUT2D eigenvalue weighted by molar-refractivity contribution is 0.406. The van der Waals surface area contributed by atoms with E-state index >= 15 is 0 Å². The van der Waals surface area contributed by atoms with Gasteiger partial charge in [-0.05, 0) is 169 Å². The van der Waals surface area contributed by atoms with E-state index in [0.717, 1.165) is 32.1 Å². The van der Waals surface area contributed by atoms with Crippen LogP contribution in [0.3, 0.4) is 0 Å². The molecule has 4 atom stereocenters. The van der Waals surface area contributed by atoms with Crippen LogP contribution in [0.5, 0.6) is 0 Å². The van der Waals surface area contributed by atoms with Crippen molar-refractivity contribution in [2.24, 2.45) is 11.8 Å². The van der Waals surface area contributed by atoms with Gasteiger partial charge in [-0.15, -0.1) is 0 Å². The van der Waals surface area contributed by atoms with Crippen LogP contribution in [0.1, 0.15) is 159 Å². The van der Waals surface area contributed by atoms with E-state index in [1.807, 2.05) is 0 Å². The van der Waals surface area contributed by atoms with Crippen LogP contribution in [0.25, 0.3) is 0 Å². The van der Waals surface area contributed by atoms with E-state index in [1.165, 1.54) is 126 Å². The van der Waals surface area contributed by atoms with Crippen molar-refractivity contribution < 1.29 is 0 Å². The minimum Gasteiger partial charge on any atom is -0.335 e. The largest absolute Gasteiger partial charge is 0.335 e. The van der Waals surface area contributed by atoms with Gasteiger partial charge in [0.15, 0.2) is 0 Å². The van der Waals surface area contributed by atoms with Crippen molar-refractivity contribution in [3.05, 3.63) is 172 Å². The molecule has 4 unspecified atom stereocenters. The molecule has 2 heterocycles. The SMILES string of the molecule is CC(C)C1=CC2B3C4=CC(C5CCCCC5)=CCC4N(c4ccc(C(C)C)cc4)c4cc(C(C)(C5=CCCC=C5)C5=CC=CCC5)cc(c43)N(c3ccc(C4CCCCC4)cc3)C2C=C1. The number of rotatable bonds is 9. The molecule has 3 heteroatoms. The Morgan fingerprint density at radius 1 is 0.692 bits per heavy atom. The van der Waals surface area contributed by atoms with E-state index in [9.17, 15) is 0 Å². The predicted octanol–water partition coefficient (Wildman–Crippen LogP) is 16.3. The number of benzene rings is 3. The summed E-state index contributed by atoms with van der Waals surface area (Å²) in [6.07, 6.45) is 46.9. The van der Waals surface area contributed by atoms with Gasteiger partial charge in [-0.1, -0.05) is 168 Å². The fraction of sp³-hybridized carbons (Fsp3) is 0.452. The van der Waals surface area contributed by atoms with Crippen molar-refractivity contribution in [3.8, 4) is 0 Å². The topological polar surface area (TPSA) is 6.48 Å². The highest BCUT2D eigenvalue weighted by atomic mass is 15.2. The molecule has 334 valence electrons. The third-order valence-electron chi connectivity index (χ3n) is 17.5. The maximum atomic E-state index is 2.83. The molecular weight excluding hydrogens is 784 g/mol. The highest BCUT2D eigenvalue weighted by molar-refractivity contribution is 6.85. The minimum atomic E-state index is -0.271. The van der Waals surface area contributed by atoms with Crippen molar-refractivity contribution in [2.45, 2.75) is 166 Å². The summed E-state index contributed by atoms with van der Waals surface area (Å²) in [7, 11) is 0. The van der Waals surface area contributed by atoms with Crippen molar-refractivity contribution in [2.75, 3.05) is 9.80 Å². The molecule has 2 saturated carbocycles. The summed E-state index contributed by atoms with van der Waals surface area (Å²) in [5.41, 5.74) is 18.9. The van der Waals surface area contributed by atoms with Crippen LogP contribution in [0.4, 0.5) is 22.7 Å². The van der Waals surface area contributed by atoms with E-state index in [2.05, 4.69) is 172 Å². The van der Waals surface area contributed by atoms with Crippen molar-refractivity contribution in [1.29, 1.82) is 0 Å². The lowest BCUT2D eigenvalue weighted by Gasteiger charge is -2.54. The third kappa shape index (κ3) is 7.66. The molecule has 11 rings (SSSR count). The molecule has 8 aliphatic rings. The highest BCUT2D eigenvalue weighted by Gasteiger charge is 2.53. The fourth-order valence-corrected chi connectivity index (χ4v) is 13.7. The Balaban J connectivity index is 1.19. The Hall–Kier alpha value is -4.76. The highest BCUT2D eigenvalue weighted by Crippen LogP contribution is 2.55. The van der Waals surface area contributed by atoms with Gasteiger partial charge >= 0.3 is 0 Å². The van der Waals surface area contributed by atoms with Crippen LogP contribution in [0.15, 0.2) is 155 Å². The number of fused-ring (bicyclic) bond motifs is 4. The molecule has 0 amide bonds. The quantitative estimate of drug-likeness (QED) is 0.198. The van der Waals surface area contributed by atoms with Gasteiger partial charge in [0.25, 0.3) is 0 Å². The van der Waals surface area contributed by atoms with Gasteiger partial charge in [0.2, 0.25) is 6.71 Å². The standard InChI is InChI=1S/C62H73BN2/c1-42(2)44-26-32-53(33-27-44)64-58-37-31-49(46-20-12-7-13-21-46)39-56(58)63-55-38-48(43(3)4)30-36-57(55)65(54-34-28-47(29-35-54)45-18-10-6-11-19-45)60-41-52(40-59(64)61(60)63)62(5,50-22-14-8-15-23-50)51-24-16-9-17-25-51/h8,14,16,22,24-36,38-43,45-46,55,57-58H,6-7,9-13,15,17-21,23,37H2,1-5H3. The first-order valence-corrected chi connectivity index (χ1v) is 26.3. The van der Waals surface area contributed by atoms with Crippen LogP contribution in [0, 0.1) is 11.8 Å². The number of hydrogen-bond acceptors (Lipinski definition) is 2. The summed E-state index contributed by atoms with van der Waals surface area (Å²) in [5.74, 6) is 2.65. The molecule has 3 aromatic carbocycles. The first kappa shape index (κ1) is 42.9. The summed E-state index contributed by atoms with van der Waals surface area (Å²) in [4.78, 5) is 5.65. The molecular formula is C62H73BN2. The van der Waals surface area contributed by atoms with Crippen molar-refractivity contribution in [1.82, 2.24) is 0 Å². The monoisotopic (exact) mass is 857 g/mol. The van der Waals surface area contributed by atoms with E-state index in [1.54, 1.807) is 11.0 Å². The van der Waals surface area contributed by atoms with E-state index in [0.29, 0.717) is 29.5 Å². The normalized spacial score (nSPS) is 25.3. The Kier molecular flexibility index (Phi) is 11.7. The van der Waals surface area contributed by atoms with Gasteiger partial charge in [-0.3, -0.25) is 0 Å². The molecule has 2 aliphatic heterocycles. The van der Waals surface area contributed by atoms with E-state index in [4.69, 9.17) is 0 Å². The molecule has 0 radical (unpaired) electrons. The maximum Gasteiger partial charge on any atom is 0.221 e. The zero-order chi connectivity index (χ0) is 44.2. The van der Waals surface area contributed by atoms with Gasteiger partial charge in [0.05, 0.1) is 12.1 Å². The van der Waals surface area contributed by atoms with Crippen molar-refractivity contribution >= 4 is 34.9 Å². The molecule has 0 saturated heterocycles. The predicted molar refractivity (Wildman–Crippen MR) is 280 cm³/mol. The molecule has 0 bridgehead atoms. The second-order valence-corrected chi connectivity index (χ2v) is 21.9. The maximum absolute atomic E-state index is 2.83. The molecule has 0 N–H and O–H groups in total. The Bertz CT molecular complexity index is 2520. The molecule has 2 fully saturated rings. The van der Waals surface area contributed by atoms with Crippen LogP contribution in [0.2, 0.25) is 5.82 Å². The zero-order valence-corrected chi connectivity index (χ0v) is 40.2. The second kappa shape index (κ2) is 17.8. The molecule has 6 aliphatic carbocycles. The van der Waals surface area contributed by atoms with Gasteiger partial charge < -0.3 is 9.80 Å². The lowest BCUT2D eigenvalue weighted by Crippen LogP contribution is -2.61. The number of anilines is 4. The number of hydrogen-bond donors (Lipinski definition) is 0. The second-order valence-electron chi connectivity index (χ2n) is 21.9. The van der Waals surface area contributed by atoms with Gasteiger partial charge in [-0.25, -0.2) is 0 Å². The summed E-state index contributed by atoms with van der Waals surface area (Å²) in [6, 6.07) is 25.7. The van der Waals surface area contributed by atoms with E-state index in [-0.39, 0.29) is 24.2 Å². The molecule has 0 aromatic heterocycles. The van der Waals surface area contributed by atoms with Gasteiger partial charge in [0, 0.05) is 28.2 Å². The molecule has 3 aromatic rings. The van der Waals surface area contributed by atoms with Gasteiger partial charge in [-0.2, -0.15) is 0 Å². The summed E-state index contributed by atoms with van der Waals surface area (Å²) < 4.78 is 0. The number of nitrogens with zero attached hydrogens (tertiary/aromatic N) is 2. The third-order valence-corrected chi connectivity index (χ3v) is 17.5. The van der Waals surface area contributed by atoms with Crippen LogP contribution in [-0.2, 0) is 5.41 Å². The minimum absolute atomic E-state index is 0.206. The molecule has 2 nitrogen and oxygen atoms in total. The Morgan fingerprint density at radius 2 is 1.38 bits per heavy atom. The zero-order valence-electron chi connectivity index (χ0n) is 40.2. The van der Waals surface area contributed by atoms with Crippen molar-refractivity contribution in [3.63, 3.8) is 0 Å². The molecule has 0 spiro atoms. The first-order chi connectivity index (χ1) is 31.8. The fourth-order valence-electron chi connectivity index (χ4n) is 13.7. The number of allylic oxidation sites excluding steroid dienone is 12. The van der Waals surface area contributed by atoms with E-state index < -0.39 is 0 Å². The Morgan fingerprint density at radius 3 is 2.05 bits per heavy atom. The van der Waals surface area contributed by atoms with Crippen LogP contribution in [-0.4, -0.2) is 18.8 Å². The average Bonchev–Trinajstić information content (AvgIpc) is 3.36. The van der Waals surface area contributed by atoms with Gasteiger partial charge in [0.1, 0.15) is 0 Å². The first-order valence-electron chi connectivity index (χ1n) is 26.3. The smallest absolute Gasteiger partial charge is 0.221 e. The average molecular weight is 857 g/mol. The molecule has 65 heavy (non-hydrogen) atoms. The summed E-state index contributed by atoms with van der Waals surface area (Å²) in [6.45, 7) is 12.3. The Labute approximate surface area is 392 Å². The van der Waals surface area contributed by atoms with Crippen LogP contribution < -0.4 is 15.3 Å². The summed E-state index contributed by atoms with van der Waals surface area (Å²) >= 11 is 0. The lowest BCUT2D eigenvalue weighted by atomic mass is 9.27. The summed E-state index contributed by atoms with van der Waals surface area (Å²) in [5, 5.41) is 0. The van der Waals surface area contributed by atoms with Crippen LogP contribution >= 0.6 is 0 Å².